The third-order valence-electron chi connectivity index (χ3n) is 6.33. The first-order chi connectivity index (χ1) is 12.2. The maximum atomic E-state index is 12.6. The normalized spacial score (nSPS) is 32.7. The van der Waals surface area contributed by atoms with Crippen LogP contribution in [0.3, 0.4) is 0 Å². The van der Waals surface area contributed by atoms with Crippen LogP contribution in [0.1, 0.15) is 44.9 Å². The van der Waals surface area contributed by atoms with Gasteiger partial charge in [-0.1, -0.05) is 0 Å². The van der Waals surface area contributed by atoms with E-state index in [-0.39, 0.29) is 11.3 Å². The molecule has 0 atom stereocenters. The monoisotopic (exact) mass is 337 g/mol. The van der Waals surface area contributed by atoms with Gasteiger partial charge in [-0.15, -0.1) is 0 Å². The number of aromatic nitrogens is 4. The first-order valence-electron chi connectivity index (χ1n) is 9.29. The molecule has 130 valence electrons. The van der Waals surface area contributed by atoms with Gasteiger partial charge in [0.1, 0.15) is 0 Å². The van der Waals surface area contributed by atoms with Gasteiger partial charge >= 0.3 is 0 Å². The summed E-state index contributed by atoms with van der Waals surface area (Å²) < 4.78 is 1.60. The molecule has 0 aromatic carbocycles. The molecular formula is C19H23N5O. The molecule has 4 aliphatic rings. The van der Waals surface area contributed by atoms with E-state index in [0.29, 0.717) is 18.1 Å². The van der Waals surface area contributed by atoms with Crippen LogP contribution in [-0.2, 0) is 4.79 Å². The molecule has 1 N–H and O–H groups in total. The maximum Gasteiger partial charge on any atom is 0.250 e. The van der Waals surface area contributed by atoms with Crippen molar-refractivity contribution in [2.24, 2.45) is 23.2 Å². The van der Waals surface area contributed by atoms with Crippen LogP contribution in [0, 0.1) is 23.2 Å². The van der Waals surface area contributed by atoms with E-state index in [9.17, 15) is 4.79 Å². The average Bonchev–Trinajstić information content (AvgIpc) is 3.08. The molecular weight excluding hydrogens is 314 g/mol. The van der Waals surface area contributed by atoms with Gasteiger partial charge in [0.15, 0.2) is 0 Å². The molecule has 2 heterocycles. The SMILES string of the molecule is O=C(CC12CC3CC(CC(C3)C1)C2)Nc1cnc(-n2cccn2)nc1. The van der Waals surface area contributed by atoms with Gasteiger partial charge in [0.05, 0.1) is 18.1 Å². The van der Waals surface area contributed by atoms with E-state index in [1.165, 1.54) is 38.5 Å². The Morgan fingerprint density at radius 1 is 1.12 bits per heavy atom. The minimum absolute atomic E-state index is 0.109. The lowest BCUT2D eigenvalue weighted by Gasteiger charge is -2.56. The number of carbonyl (C=O) groups is 1. The fraction of sp³-hybridized carbons (Fsp3) is 0.579. The molecule has 4 fully saturated rings. The molecule has 6 rings (SSSR count). The Balaban J connectivity index is 1.25. The van der Waals surface area contributed by atoms with Crippen molar-refractivity contribution in [3.63, 3.8) is 0 Å². The molecule has 2 aromatic rings. The number of hydrogen-bond acceptors (Lipinski definition) is 4. The molecule has 0 unspecified atom stereocenters. The van der Waals surface area contributed by atoms with Gasteiger partial charge in [-0.05, 0) is 67.8 Å². The quantitative estimate of drug-likeness (QED) is 0.930. The van der Waals surface area contributed by atoms with E-state index in [2.05, 4.69) is 20.4 Å². The van der Waals surface area contributed by atoms with Crippen LogP contribution in [-0.4, -0.2) is 25.7 Å². The molecule has 0 spiro atoms. The van der Waals surface area contributed by atoms with E-state index in [4.69, 9.17) is 0 Å². The molecule has 0 radical (unpaired) electrons. The molecule has 1 amide bonds. The van der Waals surface area contributed by atoms with Gasteiger partial charge in [0.2, 0.25) is 5.91 Å². The maximum absolute atomic E-state index is 12.6. The number of hydrogen-bond donors (Lipinski definition) is 1. The smallest absolute Gasteiger partial charge is 0.250 e. The summed E-state index contributed by atoms with van der Waals surface area (Å²) in [5.41, 5.74) is 0.917. The summed E-state index contributed by atoms with van der Waals surface area (Å²) in [5, 5.41) is 7.10. The lowest BCUT2D eigenvalue weighted by atomic mass is 9.49. The topological polar surface area (TPSA) is 72.7 Å². The van der Waals surface area contributed by atoms with Crippen LogP contribution in [0.25, 0.3) is 5.95 Å². The molecule has 0 aliphatic heterocycles. The molecule has 2 aromatic heterocycles. The van der Waals surface area contributed by atoms with Crippen LogP contribution >= 0.6 is 0 Å². The van der Waals surface area contributed by atoms with Crippen LogP contribution in [0.5, 0.6) is 0 Å². The lowest BCUT2D eigenvalue weighted by molar-refractivity contribution is -0.124. The first kappa shape index (κ1) is 15.0. The second kappa shape index (κ2) is 5.64. The molecule has 6 heteroatoms. The van der Waals surface area contributed by atoms with Crippen molar-refractivity contribution in [1.29, 1.82) is 0 Å². The zero-order valence-electron chi connectivity index (χ0n) is 14.3. The van der Waals surface area contributed by atoms with Crippen LogP contribution in [0.4, 0.5) is 5.69 Å². The highest BCUT2D eigenvalue weighted by atomic mass is 16.1. The Labute approximate surface area is 147 Å². The van der Waals surface area contributed by atoms with Gasteiger partial charge < -0.3 is 5.32 Å². The highest BCUT2D eigenvalue weighted by molar-refractivity contribution is 5.90. The minimum atomic E-state index is 0.109. The Bertz CT molecular complexity index is 732. The predicted octanol–water partition coefficient (Wildman–Crippen LogP) is 3.21. The van der Waals surface area contributed by atoms with E-state index in [0.717, 1.165) is 17.8 Å². The largest absolute Gasteiger partial charge is 0.323 e. The Morgan fingerprint density at radius 3 is 2.32 bits per heavy atom. The Morgan fingerprint density at radius 2 is 1.76 bits per heavy atom. The van der Waals surface area contributed by atoms with Crippen molar-refractivity contribution in [2.75, 3.05) is 5.32 Å². The molecule has 6 nitrogen and oxygen atoms in total. The third-order valence-corrected chi connectivity index (χ3v) is 6.33. The first-order valence-corrected chi connectivity index (χ1v) is 9.29. The predicted molar refractivity (Wildman–Crippen MR) is 93.0 cm³/mol. The standard InChI is InChI=1S/C19H23N5O/c25-17(10-19-7-13-4-14(8-19)6-15(5-13)9-19)23-16-11-20-18(21-12-16)24-3-1-2-22-24/h1-3,11-15H,4-10H2,(H,23,25). The van der Waals surface area contributed by atoms with Gasteiger partial charge in [-0.3, -0.25) is 4.79 Å². The summed E-state index contributed by atoms with van der Waals surface area (Å²) in [6.07, 6.45) is 15.4. The second-order valence-electron chi connectivity index (χ2n) is 8.36. The number of carbonyl (C=O) groups excluding carboxylic acids is 1. The summed E-state index contributed by atoms with van der Waals surface area (Å²) in [5.74, 6) is 3.23. The van der Waals surface area contributed by atoms with E-state index >= 15 is 0 Å². The number of amides is 1. The van der Waals surface area contributed by atoms with Gasteiger partial charge in [-0.25, -0.2) is 14.6 Å². The van der Waals surface area contributed by atoms with Gasteiger partial charge in [-0.2, -0.15) is 5.10 Å². The molecule has 4 saturated carbocycles. The summed E-state index contributed by atoms with van der Waals surface area (Å²) >= 11 is 0. The van der Waals surface area contributed by atoms with Crippen LogP contribution < -0.4 is 5.32 Å². The van der Waals surface area contributed by atoms with Gasteiger partial charge in [0.25, 0.3) is 5.95 Å². The van der Waals surface area contributed by atoms with Crippen molar-refractivity contribution in [2.45, 2.75) is 44.9 Å². The molecule has 4 bridgehead atoms. The molecule has 4 aliphatic carbocycles. The van der Waals surface area contributed by atoms with Crippen molar-refractivity contribution in [3.05, 3.63) is 30.9 Å². The highest BCUT2D eigenvalue weighted by Crippen LogP contribution is 2.61. The zero-order chi connectivity index (χ0) is 16.9. The van der Waals surface area contributed by atoms with Crippen LogP contribution in [0.2, 0.25) is 0 Å². The van der Waals surface area contributed by atoms with Crippen LogP contribution in [0.15, 0.2) is 30.9 Å². The third kappa shape index (κ3) is 2.83. The lowest BCUT2D eigenvalue weighted by Crippen LogP contribution is -2.47. The van der Waals surface area contributed by atoms with Crippen molar-refractivity contribution in [3.8, 4) is 5.95 Å². The Kier molecular flexibility index (Phi) is 3.40. The number of rotatable bonds is 4. The summed E-state index contributed by atoms with van der Waals surface area (Å²) in [4.78, 5) is 21.2. The fourth-order valence-electron chi connectivity index (χ4n) is 5.94. The number of nitrogens with zero attached hydrogens (tertiary/aromatic N) is 4. The zero-order valence-corrected chi connectivity index (χ0v) is 14.3. The highest BCUT2D eigenvalue weighted by Gasteiger charge is 2.51. The van der Waals surface area contributed by atoms with Gasteiger partial charge in [0, 0.05) is 18.8 Å². The van der Waals surface area contributed by atoms with Crippen molar-refractivity contribution >= 4 is 11.6 Å². The summed E-state index contributed by atoms with van der Waals surface area (Å²) in [6, 6.07) is 1.82. The summed E-state index contributed by atoms with van der Waals surface area (Å²) in [6.45, 7) is 0. The van der Waals surface area contributed by atoms with E-state index in [1.807, 2.05) is 6.07 Å². The minimum Gasteiger partial charge on any atom is -0.323 e. The fourth-order valence-corrected chi connectivity index (χ4v) is 5.94. The summed E-state index contributed by atoms with van der Waals surface area (Å²) in [7, 11) is 0. The van der Waals surface area contributed by atoms with E-state index < -0.39 is 0 Å². The van der Waals surface area contributed by atoms with Crippen molar-refractivity contribution in [1.82, 2.24) is 19.7 Å². The Hall–Kier alpha value is -2.24. The van der Waals surface area contributed by atoms with E-state index in [1.54, 1.807) is 29.5 Å². The van der Waals surface area contributed by atoms with Crippen molar-refractivity contribution < 1.29 is 4.79 Å². The molecule has 25 heavy (non-hydrogen) atoms. The second-order valence-corrected chi connectivity index (χ2v) is 8.36. The molecule has 0 saturated heterocycles. The number of nitrogens with one attached hydrogen (secondary N) is 1. The number of anilines is 1. The average molecular weight is 337 g/mol.